The number of hydrogen-bond donors (Lipinski definition) is 1. The molecule has 0 aliphatic rings. The molecule has 0 unspecified atom stereocenters. The first-order valence-corrected chi connectivity index (χ1v) is 6.45. The highest BCUT2D eigenvalue weighted by atomic mass is 35.5. The van der Waals surface area contributed by atoms with E-state index < -0.39 is 5.82 Å². The van der Waals surface area contributed by atoms with Crippen LogP contribution in [0.4, 0.5) is 4.39 Å². The molecule has 3 aromatic rings. The fourth-order valence-electron chi connectivity index (χ4n) is 1.86. The van der Waals surface area contributed by atoms with Crippen molar-refractivity contribution >= 4 is 46.6 Å². The Bertz CT molecular complexity index is 841. The molecule has 0 spiro atoms. The van der Waals surface area contributed by atoms with Gasteiger partial charge in [0, 0.05) is 6.20 Å². The van der Waals surface area contributed by atoms with Crippen LogP contribution in [0, 0.1) is 10.6 Å². The molecular formula is C12H6Cl2FN3S. The molecule has 0 fully saturated rings. The van der Waals surface area contributed by atoms with Gasteiger partial charge in [-0.1, -0.05) is 29.3 Å². The number of halogens is 3. The number of hydrogen-bond acceptors (Lipinski definition) is 2. The standard InChI is InChI=1S/C12H6Cl2FN3S/c13-6-4-8-11(16-5-6)18(12(19)17-8)9-3-1-2-7(14)10(9)15/h1-5H,(H,17,19). The van der Waals surface area contributed by atoms with Gasteiger partial charge in [0.15, 0.2) is 16.2 Å². The maximum atomic E-state index is 14.1. The summed E-state index contributed by atoms with van der Waals surface area (Å²) in [5, 5.41) is 0.505. The number of aromatic nitrogens is 3. The molecule has 0 aliphatic carbocycles. The van der Waals surface area contributed by atoms with Gasteiger partial charge < -0.3 is 4.98 Å². The predicted molar refractivity (Wildman–Crippen MR) is 76.2 cm³/mol. The topological polar surface area (TPSA) is 33.6 Å². The molecule has 0 amide bonds. The highest BCUT2D eigenvalue weighted by Gasteiger charge is 2.13. The second-order valence-corrected chi connectivity index (χ2v) is 5.09. The summed E-state index contributed by atoms with van der Waals surface area (Å²) in [6.07, 6.45) is 1.48. The highest BCUT2D eigenvalue weighted by molar-refractivity contribution is 7.71. The zero-order valence-corrected chi connectivity index (χ0v) is 11.7. The largest absolute Gasteiger partial charge is 0.329 e. The van der Waals surface area contributed by atoms with Crippen molar-refractivity contribution in [3.8, 4) is 5.69 Å². The number of rotatable bonds is 1. The van der Waals surface area contributed by atoms with E-state index in [2.05, 4.69) is 9.97 Å². The third-order valence-electron chi connectivity index (χ3n) is 2.66. The van der Waals surface area contributed by atoms with Crippen LogP contribution in [0.15, 0.2) is 30.5 Å². The van der Waals surface area contributed by atoms with Gasteiger partial charge in [0.05, 0.1) is 21.2 Å². The second-order valence-electron chi connectivity index (χ2n) is 3.86. The van der Waals surface area contributed by atoms with Crippen molar-refractivity contribution in [3.05, 3.63) is 51.1 Å². The number of aromatic amines is 1. The number of H-pyrrole nitrogens is 1. The van der Waals surface area contributed by atoms with Crippen molar-refractivity contribution in [2.75, 3.05) is 0 Å². The number of nitrogens with zero attached hydrogens (tertiary/aromatic N) is 2. The van der Waals surface area contributed by atoms with Gasteiger partial charge in [0.25, 0.3) is 0 Å². The number of benzene rings is 1. The zero-order chi connectivity index (χ0) is 13.6. The second kappa shape index (κ2) is 4.59. The Balaban J connectivity index is 2.40. The third-order valence-corrected chi connectivity index (χ3v) is 3.45. The number of imidazole rings is 1. The lowest BCUT2D eigenvalue weighted by Gasteiger charge is -2.06. The molecule has 2 heterocycles. The third kappa shape index (κ3) is 2.04. The van der Waals surface area contributed by atoms with Gasteiger partial charge in [0.1, 0.15) is 0 Å². The summed E-state index contributed by atoms with van der Waals surface area (Å²) in [4.78, 5) is 7.11. The van der Waals surface area contributed by atoms with Crippen LogP contribution in [0.3, 0.4) is 0 Å². The van der Waals surface area contributed by atoms with Crippen molar-refractivity contribution in [1.29, 1.82) is 0 Å². The van der Waals surface area contributed by atoms with E-state index in [0.29, 0.717) is 21.0 Å². The Morgan fingerprint density at radius 3 is 2.89 bits per heavy atom. The average molecular weight is 314 g/mol. The smallest absolute Gasteiger partial charge is 0.184 e. The van der Waals surface area contributed by atoms with Crippen molar-refractivity contribution in [1.82, 2.24) is 14.5 Å². The normalized spacial score (nSPS) is 11.1. The summed E-state index contributed by atoms with van der Waals surface area (Å²) in [6.45, 7) is 0. The average Bonchev–Trinajstić information content (AvgIpc) is 2.68. The highest BCUT2D eigenvalue weighted by Crippen LogP contribution is 2.25. The first-order valence-electron chi connectivity index (χ1n) is 5.28. The molecule has 1 N–H and O–H groups in total. The number of fused-ring (bicyclic) bond motifs is 1. The lowest BCUT2D eigenvalue weighted by Crippen LogP contribution is -1.99. The van der Waals surface area contributed by atoms with Crippen LogP contribution in [-0.4, -0.2) is 14.5 Å². The fourth-order valence-corrected chi connectivity index (χ4v) is 2.48. The van der Waals surface area contributed by atoms with Gasteiger partial charge in [-0.3, -0.25) is 4.57 Å². The number of pyridine rings is 1. The monoisotopic (exact) mass is 313 g/mol. The van der Waals surface area contributed by atoms with Crippen molar-refractivity contribution in [2.24, 2.45) is 0 Å². The van der Waals surface area contributed by atoms with Crippen LogP contribution >= 0.6 is 35.4 Å². The van der Waals surface area contributed by atoms with Crippen LogP contribution in [0.25, 0.3) is 16.9 Å². The summed E-state index contributed by atoms with van der Waals surface area (Å²) in [6, 6.07) is 6.39. The van der Waals surface area contributed by atoms with Crippen LogP contribution in [0.1, 0.15) is 0 Å². The lowest BCUT2D eigenvalue weighted by atomic mass is 10.3. The van der Waals surface area contributed by atoms with Gasteiger partial charge in [0.2, 0.25) is 0 Å². The quantitative estimate of drug-likeness (QED) is 0.670. The summed E-state index contributed by atoms with van der Waals surface area (Å²) >= 11 is 16.8. The molecule has 3 nitrogen and oxygen atoms in total. The van der Waals surface area contributed by atoms with Gasteiger partial charge >= 0.3 is 0 Å². The van der Waals surface area contributed by atoms with E-state index in [-0.39, 0.29) is 10.7 Å². The van der Waals surface area contributed by atoms with E-state index in [1.54, 1.807) is 18.2 Å². The molecule has 0 atom stereocenters. The van der Waals surface area contributed by atoms with E-state index in [4.69, 9.17) is 35.4 Å². The van der Waals surface area contributed by atoms with E-state index >= 15 is 0 Å². The van der Waals surface area contributed by atoms with Crippen molar-refractivity contribution in [2.45, 2.75) is 0 Å². The van der Waals surface area contributed by atoms with Crippen LogP contribution in [0.5, 0.6) is 0 Å². The molecule has 0 aliphatic heterocycles. The maximum Gasteiger partial charge on any atom is 0.184 e. The van der Waals surface area contributed by atoms with Crippen LogP contribution in [0.2, 0.25) is 10.0 Å². The van der Waals surface area contributed by atoms with Crippen LogP contribution in [-0.2, 0) is 0 Å². The Kier molecular flexibility index (Phi) is 3.05. The maximum absolute atomic E-state index is 14.1. The minimum absolute atomic E-state index is 0.0303. The molecule has 3 rings (SSSR count). The summed E-state index contributed by atoms with van der Waals surface area (Å²) < 4.78 is 15.9. The fraction of sp³-hybridized carbons (Fsp3) is 0. The molecule has 0 radical (unpaired) electrons. The van der Waals surface area contributed by atoms with E-state index in [9.17, 15) is 4.39 Å². The first-order chi connectivity index (χ1) is 9.08. The minimum atomic E-state index is -0.544. The summed E-state index contributed by atoms with van der Waals surface area (Å²) in [5.41, 5.74) is 1.38. The van der Waals surface area contributed by atoms with E-state index in [0.717, 1.165) is 0 Å². The molecule has 2 aromatic heterocycles. The molecule has 96 valence electrons. The lowest BCUT2D eigenvalue weighted by molar-refractivity contribution is 0.619. The van der Waals surface area contributed by atoms with Gasteiger partial charge in [-0.05, 0) is 30.4 Å². The van der Waals surface area contributed by atoms with Crippen LogP contribution < -0.4 is 0 Å². The summed E-state index contributed by atoms with van der Waals surface area (Å²) in [7, 11) is 0. The molecule has 0 saturated carbocycles. The minimum Gasteiger partial charge on any atom is -0.329 e. The molecule has 19 heavy (non-hydrogen) atoms. The SMILES string of the molecule is Fc1c(Cl)cccc1-n1c(=S)[nH]c2cc(Cl)cnc21. The van der Waals surface area contributed by atoms with Crippen molar-refractivity contribution in [3.63, 3.8) is 0 Å². The zero-order valence-electron chi connectivity index (χ0n) is 9.32. The molecule has 7 heteroatoms. The molecule has 1 aromatic carbocycles. The first kappa shape index (κ1) is 12.6. The molecular weight excluding hydrogens is 308 g/mol. The van der Waals surface area contributed by atoms with Gasteiger partial charge in [-0.15, -0.1) is 0 Å². The summed E-state index contributed by atoms with van der Waals surface area (Å²) in [5.74, 6) is -0.544. The Morgan fingerprint density at radius 2 is 2.11 bits per heavy atom. The molecule has 0 bridgehead atoms. The Hall–Kier alpha value is -1.43. The number of nitrogens with one attached hydrogen (secondary N) is 1. The Labute approximate surface area is 122 Å². The molecule has 0 saturated heterocycles. The van der Waals surface area contributed by atoms with Crippen molar-refractivity contribution < 1.29 is 4.39 Å². The van der Waals surface area contributed by atoms with E-state index in [1.807, 2.05) is 0 Å². The Morgan fingerprint density at radius 1 is 1.32 bits per heavy atom. The van der Waals surface area contributed by atoms with Gasteiger partial charge in [-0.2, -0.15) is 0 Å². The predicted octanol–water partition coefficient (Wildman–Crippen LogP) is 4.53. The van der Waals surface area contributed by atoms with Gasteiger partial charge in [-0.25, -0.2) is 9.37 Å². The van der Waals surface area contributed by atoms with E-state index in [1.165, 1.54) is 16.8 Å².